The fourth-order valence-corrected chi connectivity index (χ4v) is 3.15. The molecule has 0 spiro atoms. The summed E-state index contributed by atoms with van der Waals surface area (Å²) >= 11 is 3.37. The van der Waals surface area contributed by atoms with Gasteiger partial charge in [-0.15, -0.1) is 0 Å². The van der Waals surface area contributed by atoms with E-state index in [0.717, 1.165) is 10.2 Å². The molecular weight excluding hydrogens is 333 g/mol. The molecule has 2 rings (SSSR count). The van der Waals surface area contributed by atoms with Gasteiger partial charge in [0.15, 0.2) is 0 Å². The van der Waals surface area contributed by atoms with Crippen molar-refractivity contribution >= 4 is 15.9 Å². The second-order valence-corrected chi connectivity index (χ2v) is 6.35. The Morgan fingerprint density at radius 3 is 2.40 bits per heavy atom. The molecule has 1 fully saturated rings. The van der Waals surface area contributed by atoms with E-state index in [-0.39, 0.29) is 24.9 Å². The van der Waals surface area contributed by atoms with Crippen molar-refractivity contribution in [2.45, 2.75) is 44.9 Å². The second kappa shape index (κ2) is 6.37. The number of ether oxygens (including phenoxy) is 1. The average Bonchev–Trinajstić information content (AvgIpc) is 2.38. The van der Waals surface area contributed by atoms with Crippen molar-refractivity contribution in [2.75, 3.05) is 0 Å². The van der Waals surface area contributed by atoms with Crippen molar-refractivity contribution < 1.29 is 17.9 Å². The van der Waals surface area contributed by atoms with Gasteiger partial charge in [0.1, 0.15) is 5.75 Å². The van der Waals surface area contributed by atoms with Crippen molar-refractivity contribution in [3.8, 4) is 5.75 Å². The van der Waals surface area contributed by atoms with Crippen LogP contribution in [0.4, 0.5) is 13.2 Å². The van der Waals surface area contributed by atoms with Crippen molar-refractivity contribution in [1.82, 2.24) is 0 Å². The van der Waals surface area contributed by atoms with E-state index in [1.54, 1.807) is 0 Å². The van der Waals surface area contributed by atoms with Crippen LogP contribution in [0.5, 0.6) is 5.75 Å². The Balaban J connectivity index is 1.87. The Labute approximate surface area is 125 Å². The molecule has 1 unspecified atom stereocenters. The number of alkyl halides is 3. The van der Waals surface area contributed by atoms with Gasteiger partial charge in [-0.1, -0.05) is 22.0 Å². The highest BCUT2D eigenvalue weighted by Gasteiger charge is 2.42. The van der Waals surface area contributed by atoms with Gasteiger partial charge >= 0.3 is 6.18 Å². The molecule has 1 aliphatic rings. The standard InChI is InChI=1S/C15H18BrF3O/c1-10(20-14-4-2-3-13(16)9-14)11-5-7-12(8-6-11)15(17,18)19/h2-4,9-12H,5-8H2,1H3/t10?,11-,12-. The van der Waals surface area contributed by atoms with Crippen LogP contribution < -0.4 is 4.74 Å². The molecule has 5 heteroatoms. The lowest BCUT2D eigenvalue weighted by atomic mass is 9.79. The van der Waals surface area contributed by atoms with Gasteiger partial charge in [0.25, 0.3) is 0 Å². The SMILES string of the molecule is CC(Oc1cccc(Br)c1)[C@H]1CC[C@H](C(F)(F)F)CC1. The van der Waals surface area contributed by atoms with Crippen LogP contribution in [0.3, 0.4) is 0 Å². The summed E-state index contributed by atoms with van der Waals surface area (Å²) in [4.78, 5) is 0. The van der Waals surface area contributed by atoms with Crippen LogP contribution in [-0.4, -0.2) is 12.3 Å². The molecule has 112 valence electrons. The molecule has 0 bridgehead atoms. The minimum Gasteiger partial charge on any atom is -0.490 e. The van der Waals surface area contributed by atoms with Gasteiger partial charge < -0.3 is 4.74 Å². The van der Waals surface area contributed by atoms with Crippen LogP contribution in [0.15, 0.2) is 28.7 Å². The molecule has 1 saturated carbocycles. The maximum absolute atomic E-state index is 12.6. The maximum atomic E-state index is 12.6. The quantitative estimate of drug-likeness (QED) is 0.690. The molecule has 1 aromatic rings. The lowest BCUT2D eigenvalue weighted by Crippen LogP contribution is -2.33. The number of benzene rings is 1. The van der Waals surface area contributed by atoms with E-state index in [0.29, 0.717) is 12.8 Å². The molecule has 0 saturated heterocycles. The van der Waals surface area contributed by atoms with Gasteiger partial charge in [-0.25, -0.2) is 0 Å². The van der Waals surface area contributed by atoms with Gasteiger partial charge in [0.2, 0.25) is 0 Å². The molecule has 0 aromatic heterocycles. The third-order valence-corrected chi connectivity index (χ3v) is 4.51. The number of hydrogen-bond donors (Lipinski definition) is 0. The van der Waals surface area contributed by atoms with Gasteiger partial charge in [0, 0.05) is 4.47 Å². The second-order valence-electron chi connectivity index (χ2n) is 5.43. The van der Waals surface area contributed by atoms with Crippen molar-refractivity contribution in [2.24, 2.45) is 11.8 Å². The molecular formula is C15H18BrF3O. The molecule has 0 heterocycles. The zero-order valence-electron chi connectivity index (χ0n) is 11.3. The highest BCUT2D eigenvalue weighted by Crippen LogP contribution is 2.40. The van der Waals surface area contributed by atoms with Crippen LogP contribution in [0.25, 0.3) is 0 Å². The van der Waals surface area contributed by atoms with E-state index >= 15 is 0 Å². The van der Waals surface area contributed by atoms with Gasteiger partial charge in [-0.2, -0.15) is 13.2 Å². The first-order valence-corrected chi connectivity index (χ1v) is 7.64. The molecule has 1 aromatic carbocycles. The fourth-order valence-electron chi connectivity index (χ4n) is 2.77. The monoisotopic (exact) mass is 350 g/mol. The minimum absolute atomic E-state index is 0.0570. The zero-order valence-corrected chi connectivity index (χ0v) is 12.9. The van der Waals surface area contributed by atoms with Crippen LogP contribution >= 0.6 is 15.9 Å². The van der Waals surface area contributed by atoms with E-state index in [2.05, 4.69) is 15.9 Å². The molecule has 0 N–H and O–H groups in total. The van der Waals surface area contributed by atoms with E-state index in [9.17, 15) is 13.2 Å². The first-order chi connectivity index (χ1) is 9.36. The normalized spacial score (nSPS) is 25.2. The van der Waals surface area contributed by atoms with Crippen molar-refractivity contribution in [1.29, 1.82) is 0 Å². The summed E-state index contributed by atoms with van der Waals surface area (Å²) in [5, 5.41) is 0. The Hall–Kier alpha value is -0.710. The fraction of sp³-hybridized carbons (Fsp3) is 0.600. The van der Waals surface area contributed by atoms with E-state index in [1.165, 1.54) is 0 Å². The smallest absolute Gasteiger partial charge is 0.391 e. The predicted octanol–water partition coefficient (Wildman–Crippen LogP) is 5.59. The third kappa shape index (κ3) is 4.14. The van der Waals surface area contributed by atoms with Crippen LogP contribution in [0, 0.1) is 11.8 Å². The molecule has 0 aliphatic heterocycles. The molecule has 1 atom stereocenters. The Morgan fingerprint density at radius 2 is 1.85 bits per heavy atom. The predicted molar refractivity (Wildman–Crippen MR) is 75.7 cm³/mol. The van der Waals surface area contributed by atoms with E-state index < -0.39 is 12.1 Å². The molecule has 20 heavy (non-hydrogen) atoms. The number of hydrogen-bond acceptors (Lipinski definition) is 1. The lowest BCUT2D eigenvalue weighted by Gasteiger charge is -2.33. The zero-order chi connectivity index (χ0) is 14.8. The highest BCUT2D eigenvalue weighted by atomic mass is 79.9. The Bertz CT molecular complexity index is 439. The summed E-state index contributed by atoms with van der Waals surface area (Å²) < 4.78 is 44.7. The summed E-state index contributed by atoms with van der Waals surface area (Å²) in [5.41, 5.74) is 0. The van der Waals surface area contributed by atoms with Crippen molar-refractivity contribution in [3.05, 3.63) is 28.7 Å². The minimum atomic E-state index is -4.04. The number of halogens is 4. The van der Waals surface area contributed by atoms with Crippen molar-refractivity contribution in [3.63, 3.8) is 0 Å². The molecule has 1 nitrogen and oxygen atoms in total. The molecule has 1 aliphatic carbocycles. The van der Waals surface area contributed by atoms with E-state index in [4.69, 9.17) is 4.74 Å². The number of rotatable bonds is 3. The van der Waals surface area contributed by atoms with Gasteiger partial charge in [0.05, 0.1) is 12.0 Å². The largest absolute Gasteiger partial charge is 0.490 e. The van der Waals surface area contributed by atoms with Gasteiger partial charge in [-0.05, 0) is 56.7 Å². The summed E-state index contributed by atoms with van der Waals surface area (Å²) in [6, 6.07) is 7.53. The topological polar surface area (TPSA) is 9.23 Å². The molecule has 0 radical (unpaired) electrons. The highest BCUT2D eigenvalue weighted by molar-refractivity contribution is 9.10. The summed E-state index contributed by atoms with van der Waals surface area (Å²) in [6.07, 6.45) is -2.49. The van der Waals surface area contributed by atoms with Gasteiger partial charge in [-0.3, -0.25) is 0 Å². The summed E-state index contributed by atoms with van der Waals surface area (Å²) in [6.45, 7) is 1.94. The van der Waals surface area contributed by atoms with Crippen LogP contribution in [0.1, 0.15) is 32.6 Å². The molecule has 0 amide bonds. The maximum Gasteiger partial charge on any atom is 0.391 e. The first kappa shape index (κ1) is 15.7. The summed E-state index contributed by atoms with van der Waals surface area (Å²) in [5.74, 6) is -0.172. The lowest BCUT2D eigenvalue weighted by molar-refractivity contribution is -0.185. The Kier molecular flexibility index (Phi) is 4.99. The first-order valence-electron chi connectivity index (χ1n) is 6.85. The Morgan fingerprint density at radius 1 is 1.20 bits per heavy atom. The average molecular weight is 351 g/mol. The summed E-state index contributed by atoms with van der Waals surface area (Å²) in [7, 11) is 0. The van der Waals surface area contributed by atoms with Crippen LogP contribution in [-0.2, 0) is 0 Å². The third-order valence-electron chi connectivity index (χ3n) is 4.02. The van der Waals surface area contributed by atoms with E-state index in [1.807, 2.05) is 31.2 Å². The van der Waals surface area contributed by atoms with Crippen LogP contribution in [0.2, 0.25) is 0 Å².